The zero-order chi connectivity index (χ0) is 30.3. The number of sulfonamides is 1. The van der Waals surface area contributed by atoms with E-state index in [4.69, 9.17) is 9.47 Å². The molecule has 0 fully saturated rings. The number of ether oxygens (including phenoxy) is 2. The molecule has 0 radical (unpaired) electrons. The maximum Gasteiger partial charge on any atom is 0.278 e. The zero-order valence-electron chi connectivity index (χ0n) is 22.6. The molecule has 16 heteroatoms. The van der Waals surface area contributed by atoms with Crippen molar-refractivity contribution < 1.29 is 37.4 Å². The fraction of sp³-hybridized carbons (Fsp3) is 0.111. The number of hydrogen-bond acceptors (Lipinski definition) is 11. The lowest BCUT2D eigenvalue weighted by atomic mass is 10.0. The Morgan fingerprint density at radius 3 is 2.60 bits per heavy atom. The number of nitrogens with one attached hydrogen (secondary N) is 3. The summed E-state index contributed by atoms with van der Waals surface area (Å²) in [5.41, 5.74) is 2.00. The zero-order valence-corrected chi connectivity index (χ0v) is 23.4. The number of methoxy groups -OCH3 is 2. The summed E-state index contributed by atoms with van der Waals surface area (Å²) in [6.45, 7) is 0. The first-order valence-corrected chi connectivity index (χ1v) is 14.2. The van der Waals surface area contributed by atoms with Gasteiger partial charge in [0.2, 0.25) is 11.4 Å². The van der Waals surface area contributed by atoms with Crippen LogP contribution in [-0.2, 0) is 16.4 Å². The molecule has 3 aromatic carbocycles. The van der Waals surface area contributed by atoms with Crippen LogP contribution in [0.5, 0.6) is 11.5 Å². The third-order valence-corrected chi connectivity index (χ3v) is 8.07. The summed E-state index contributed by atoms with van der Waals surface area (Å²) in [6.07, 6.45) is 1.75. The number of carbonyl (C=O) groups excluding carboxylic acids is 1. The molecule has 15 nitrogen and oxygen atoms in total. The van der Waals surface area contributed by atoms with Crippen LogP contribution in [0.15, 0.2) is 93.1 Å². The van der Waals surface area contributed by atoms with Gasteiger partial charge in [-0.05, 0) is 59.5 Å². The van der Waals surface area contributed by atoms with Gasteiger partial charge in [-0.1, -0.05) is 12.1 Å². The van der Waals surface area contributed by atoms with Gasteiger partial charge >= 0.3 is 0 Å². The van der Waals surface area contributed by atoms with Crippen molar-refractivity contribution >= 4 is 38.7 Å². The van der Waals surface area contributed by atoms with Crippen molar-refractivity contribution in [3.8, 4) is 11.5 Å². The monoisotopic (exact) mass is 605 g/mol. The van der Waals surface area contributed by atoms with Crippen molar-refractivity contribution in [3.05, 3.63) is 106 Å². The molecule has 6 rings (SSSR count). The molecule has 4 aromatic rings. The van der Waals surface area contributed by atoms with Gasteiger partial charge in [-0.25, -0.2) is 13.6 Å². The number of rotatable bonds is 8. The van der Waals surface area contributed by atoms with Gasteiger partial charge in [0.15, 0.2) is 17.2 Å². The molecule has 0 bridgehead atoms. The first-order chi connectivity index (χ1) is 20.7. The highest BCUT2D eigenvalue weighted by atomic mass is 32.2. The Bertz CT molecular complexity index is 1920. The molecule has 220 valence electrons. The molecule has 1 aliphatic carbocycles. The van der Waals surface area contributed by atoms with Gasteiger partial charge in [0.1, 0.15) is 5.69 Å². The number of benzene rings is 3. The first-order valence-electron chi connectivity index (χ1n) is 12.7. The molecule has 1 atom stereocenters. The molecule has 3 N–H and O–H groups in total. The Kier molecular flexibility index (Phi) is 6.93. The molecule has 0 saturated heterocycles. The van der Waals surface area contributed by atoms with Gasteiger partial charge in [-0.15, -0.1) is 10.2 Å². The average molecular weight is 606 g/mol. The highest BCUT2D eigenvalue weighted by Crippen LogP contribution is 2.30. The largest absolute Gasteiger partial charge is 0.601 e. The number of hydroxylamine groups is 1. The minimum Gasteiger partial charge on any atom is -0.601 e. The van der Waals surface area contributed by atoms with Crippen LogP contribution in [0.4, 0.5) is 17.1 Å². The number of carbonyl (C=O) groups is 1. The third-order valence-electron chi connectivity index (χ3n) is 6.69. The van der Waals surface area contributed by atoms with E-state index in [0.717, 1.165) is 5.12 Å². The van der Waals surface area contributed by atoms with Crippen LogP contribution in [0.2, 0.25) is 0 Å². The number of fused-ring (bicyclic) bond motifs is 3. The summed E-state index contributed by atoms with van der Waals surface area (Å²) < 4.78 is 43.5. The van der Waals surface area contributed by atoms with Gasteiger partial charge in [0.05, 0.1) is 24.8 Å². The summed E-state index contributed by atoms with van der Waals surface area (Å²) in [6, 6.07) is 16.6. The van der Waals surface area contributed by atoms with Crippen LogP contribution in [0, 0.1) is 10.4 Å². The molecule has 1 amide bonds. The van der Waals surface area contributed by atoms with E-state index in [-0.39, 0.29) is 56.0 Å². The maximum atomic E-state index is 13.1. The molecule has 43 heavy (non-hydrogen) atoms. The molecule has 1 aliphatic heterocycles. The second-order valence-corrected chi connectivity index (χ2v) is 11.0. The smallest absolute Gasteiger partial charge is 0.278 e. The highest BCUT2D eigenvalue weighted by Gasteiger charge is 2.41. The third kappa shape index (κ3) is 5.09. The average Bonchev–Trinajstić information content (AvgIpc) is 3.56. The van der Waals surface area contributed by atoms with Crippen LogP contribution in [0.1, 0.15) is 21.7 Å². The summed E-state index contributed by atoms with van der Waals surface area (Å²) in [7, 11) is -1.15. The van der Waals surface area contributed by atoms with E-state index >= 15 is 0 Å². The number of allylic oxidation sites excluding steroid dienone is 2. The van der Waals surface area contributed by atoms with E-state index in [1.807, 2.05) is 0 Å². The molecule has 1 unspecified atom stereocenters. The molecular weight excluding hydrogens is 582 g/mol. The maximum absolute atomic E-state index is 13.1. The molecule has 0 spiro atoms. The summed E-state index contributed by atoms with van der Waals surface area (Å²) in [4.78, 5) is 13.4. The van der Waals surface area contributed by atoms with Gasteiger partial charge in [0, 0.05) is 28.9 Å². The molecule has 0 saturated carbocycles. The number of hydrazone groups is 1. The van der Waals surface area contributed by atoms with Gasteiger partial charge in [-0.3, -0.25) is 14.1 Å². The predicted molar refractivity (Wildman–Crippen MR) is 152 cm³/mol. The lowest BCUT2D eigenvalue weighted by Crippen LogP contribution is -3.11. The fourth-order valence-corrected chi connectivity index (χ4v) is 5.67. The topological polar surface area (TPSA) is 190 Å². The van der Waals surface area contributed by atoms with Gasteiger partial charge < -0.3 is 25.2 Å². The van der Waals surface area contributed by atoms with Crippen molar-refractivity contribution in [1.29, 1.82) is 0 Å². The predicted octanol–water partition coefficient (Wildman–Crippen LogP) is 1.34. The number of amides is 1. The van der Waals surface area contributed by atoms with Crippen molar-refractivity contribution in [2.75, 3.05) is 29.4 Å². The van der Waals surface area contributed by atoms with E-state index in [2.05, 4.69) is 24.9 Å². The minimum atomic E-state index is -4.00. The van der Waals surface area contributed by atoms with Crippen molar-refractivity contribution in [3.63, 3.8) is 0 Å². The van der Waals surface area contributed by atoms with Crippen LogP contribution >= 0.6 is 0 Å². The van der Waals surface area contributed by atoms with Crippen LogP contribution < -0.4 is 34.7 Å². The number of anilines is 3. The second kappa shape index (κ2) is 10.8. The van der Waals surface area contributed by atoms with E-state index in [1.165, 1.54) is 50.6 Å². The van der Waals surface area contributed by atoms with Gasteiger partial charge in [0.25, 0.3) is 21.6 Å². The molecule has 2 heterocycles. The Morgan fingerprint density at radius 2 is 1.81 bits per heavy atom. The Labute approximate surface area is 244 Å². The van der Waals surface area contributed by atoms with Crippen LogP contribution in [-0.4, -0.2) is 39.4 Å². The highest BCUT2D eigenvalue weighted by molar-refractivity contribution is 7.92. The van der Waals surface area contributed by atoms with Crippen molar-refractivity contribution in [1.82, 2.24) is 5.16 Å². The summed E-state index contributed by atoms with van der Waals surface area (Å²) in [5, 5.41) is 36.3. The lowest BCUT2D eigenvalue weighted by Gasteiger charge is -2.26. The SMILES string of the molecule is COc1ccc(S(=O)(=O)Nc2cccc(NC(=O)c3cccc(N4N=C5C(=CCc6c5no[n+]6[O-])[NH+]4[O-])c3)c2)cc1OC. The van der Waals surface area contributed by atoms with E-state index < -0.39 is 21.1 Å². The summed E-state index contributed by atoms with van der Waals surface area (Å²) in [5.74, 6) is 0.127. The van der Waals surface area contributed by atoms with Crippen LogP contribution in [0.3, 0.4) is 0 Å². The van der Waals surface area contributed by atoms with E-state index in [9.17, 15) is 23.6 Å². The number of hydrogen-bond donors (Lipinski definition) is 3. The second-order valence-electron chi connectivity index (χ2n) is 9.32. The first kappa shape index (κ1) is 27.7. The van der Waals surface area contributed by atoms with Gasteiger partial charge in [-0.2, -0.15) is 0 Å². The van der Waals surface area contributed by atoms with E-state index in [1.54, 1.807) is 36.4 Å². The number of aromatic nitrogens is 2. The molecule has 1 aromatic heterocycles. The Morgan fingerprint density at radius 1 is 1.05 bits per heavy atom. The normalized spacial score (nSPS) is 15.6. The number of nitrogens with zero attached hydrogens (tertiary/aromatic N) is 4. The van der Waals surface area contributed by atoms with E-state index in [0.29, 0.717) is 17.1 Å². The minimum absolute atomic E-state index is 0.0426. The Balaban J connectivity index is 1.19. The van der Waals surface area contributed by atoms with Crippen molar-refractivity contribution in [2.24, 2.45) is 5.10 Å². The fourth-order valence-electron chi connectivity index (χ4n) is 4.61. The summed E-state index contributed by atoms with van der Waals surface area (Å²) >= 11 is 0. The molecule has 2 aliphatic rings. The lowest BCUT2D eigenvalue weighted by molar-refractivity contribution is -0.809. The van der Waals surface area contributed by atoms with Crippen molar-refractivity contribution in [2.45, 2.75) is 11.3 Å². The quantitative estimate of drug-likeness (QED) is 0.247. The van der Waals surface area contributed by atoms with Crippen LogP contribution in [0.25, 0.3) is 0 Å². The molecular formula is C27H23N7O8S. The standard InChI is InChI=1S/C27H23N7O8S/c1-40-23-12-9-20(15-24(23)41-2)43(38,39)31-18-7-4-6-17(14-18)28-27(35)16-5-3-8-19(13-16)32-29-25-21(33(32)36)10-11-22-26(25)30-42-34(22)37/h3-10,12-15,31,33H,11H2,1-2H3,(H,28,35). The number of quaternary nitrogens is 1. The Hall–Kier alpha value is -5.45.